The molecule has 28 heavy (non-hydrogen) atoms. The van der Waals surface area contributed by atoms with Gasteiger partial charge in [-0.05, 0) is 37.8 Å². The standard InChI is InChI=1S/C21H23FN4O2/c1-14-11-19(28-24-14)16-13-25(2)23-21(16)18-9-5-6-10-26(18)20(27)12-15-7-3-4-8-17(15)22/h3-4,7-8,11,13,18H,5-6,9-10,12H2,1-2H3/t18-/m1/s1. The molecule has 4 rings (SSSR count). The number of benzene rings is 1. The fourth-order valence-corrected chi connectivity index (χ4v) is 3.85. The lowest BCUT2D eigenvalue weighted by atomic mass is 9.95. The number of likely N-dealkylation sites (tertiary alicyclic amines) is 1. The van der Waals surface area contributed by atoms with Gasteiger partial charge in [-0.3, -0.25) is 9.48 Å². The highest BCUT2D eigenvalue weighted by Crippen LogP contribution is 2.36. The van der Waals surface area contributed by atoms with E-state index in [9.17, 15) is 9.18 Å². The minimum Gasteiger partial charge on any atom is -0.356 e. The summed E-state index contributed by atoms with van der Waals surface area (Å²) in [6.45, 7) is 2.51. The van der Waals surface area contributed by atoms with Crippen molar-refractivity contribution >= 4 is 5.91 Å². The van der Waals surface area contributed by atoms with Crippen LogP contribution < -0.4 is 0 Å². The van der Waals surface area contributed by atoms with Crippen LogP contribution in [0.3, 0.4) is 0 Å². The van der Waals surface area contributed by atoms with Gasteiger partial charge in [0.15, 0.2) is 5.76 Å². The van der Waals surface area contributed by atoms with Crippen LogP contribution in [-0.2, 0) is 18.3 Å². The molecular weight excluding hydrogens is 359 g/mol. The molecule has 0 radical (unpaired) electrons. The van der Waals surface area contributed by atoms with E-state index < -0.39 is 0 Å². The number of carbonyl (C=O) groups excluding carboxylic acids is 1. The molecule has 3 heterocycles. The second-order valence-electron chi connectivity index (χ2n) is 7.30. The van der Waals surface area contributed by atoms with Gasteiger partial charge >= 0.3 is 0 Å². The van der Waals surface area contributed by atoms with Crippen LogP contribution in [0.1, 0.15) is 42.3 Å². The van der Waals surface area contributed by atoms with Crippen molar-refractivity contribution in [3.05, 3.63) is 59.3 Å². The maximum absolute atomic E-state index is 14.0. The molecule has 1 aliphatic heterocycles. The highest BCUT2D eigenvalue weighted by Gasteiger charge is 2.32. The summed E-state index contributed by atoms with van der Waals surface area (Å²) < 4.78 is 21.2. The van der Waals surface area contributed by atoms with E-state index >= 15 is 0 Å². The molecule has 0 unspecified atom stereocenters. The van der Waals surface area contributed by atoms with Crippen LogP contribution in [0.15, 0.2) is 41.1 Å². The first kappa shape index (κ1) is 18.4. The summed E-state index contributed by atoms with van der Waals surface area (Å²) in [5.74, 6) is 0.216. The van der Waals surface area contributed by atoms with Gasteiger partial charge in [0.25, 0.3) is 0 Å². The Labute approximate surface area is 162 Å². The Kier molecular flexibility index (Phi) is 4.98. The normalized spacial score (nSPS) is 17.1. The fourth-order valence-electron chi connectivity index (χ4n) is 3.85. The van der Waals surface area contributed by atoms with Crippen LogP contribution in [0.25, 0.3) is 11.3 Å². The van der Waals surface area contributed by atoms with Gasteiger partial charge in [-0.1, -0.05) is 23.4 Å². The summed E-state index contributed by atoms with van der Waals surface area (Å²) in [6, 6.07) is 8.15. The Morgan fingerprint density at radius 3 is 2.89 bits per heavy atom. The van der Waals surface area contributed by atoms with Gasteiger partial charge in [-0.15, -0.1) is 0 Å². The lowest BCUT2D eigenvalue weighted by Gasteiger charge is -2.35. The highest BCUT2D eigenvalue weighted by molar-refractivity contribution is 5.79. The van der Waals surface area contributed by atoms with Crippen molar-refractivity contribution < 1.29 is 13.7 Å². The van der Waals surface area contributed by atoms with Crippen LogP contribution >= 0.6 is 0 Å². The predicted octanol–water partition coefficient (Wildman–Crippen LogP) is 3.82. The van der Waals surface area contributed by atoms with Crippen molar-refractivity contribution in [2.24, 2.45) is 7.05 Å². The number of carbonyl (C=O) groups is 1. The third-order valence-electron chi connectivity index (χ3n) is 5.19. The number of piperidine rings is 1. The third kappa shape index (κ3) is 3.56. The number of hydrogen-bond acceptors (Lipinski definition) is 4. The molecule has 0 saturated carbocycles. The summed E-state index contributed by atoms with van der Waals surface area (Å²) in [5, 5.41) is 8.61. The van der Waals surface area contributed by atoms with Crippen LogP contribution in [0, 0.1) is 12.7 Å². The molecule has 1 aliphatic rings. The SMILES string of the molecule is Cc1cc(-c2cn(C)nc2[C@H]2CCCCN2C(=O)Cc2ccccc2F)on1. The van der Waals surface area contributed by atoms with Gasteiger partial charge < -0.3 is 9.42 Å². The zero-order valence-electron chi connectivity index (χ0n) is 16.1. The van der Waals surface area contributed by atoms with E-state index in [1.165, 1.54) is 6.07 Å². The second-order valence-corrected chi connectivity index (χ2v) is 7.30. The maximum Gasteiger partial charge on any atom is 0.227 e. The van der Waals surface area contributed by atoms with Crippen molar-refractivity contribution in [3.8, 4) is 11.3 Å². The molecule has 0 bridgehead atoms. The molecule has 1 fully saturated rings. The van der Waals surface area contributed by atoms with Gasteiger partial charge in [-0.2, -0.15) is 5.10 Å². The number of amides is 1. The first-order chi connectivity index (χ1) is 13.5. The molecule has 7 heteroatoms. The number of aryl methyl sites for hydroxylation is 2. The van der Waals surface area contributed by atoms with Gasteiger partial charge in [0.05, 0.1) is 29.4 Å². The number of aromatic nitrogens is 3. The largest absolute Gasteiger partial charge is 0.356 e. The van der Waals surface area contributed by atoms with E-state index in [1.807, 2.05) is 31.1 Å². The molecule has 6 nitrogen and oxygen atoms in total. The fraction of sp³-hybridized carbons (Fsp3) is 0.381. The van der Waals surface area contributed by atoms with E-state index in [0.717, 1.165) is 36.2 Å². The monoisotopic (exact) mass is 382 g/mol. The van der Waals surface area contributed by atoms with Crippen molar-refractivity contribution in [2.45, 2.75) is 38.6 Å². The number of nitrogens with zero attached hydrogens (tertiary/aromatic N) is 4. The van der Waals surface area contributed by atoms with Gasteiger partial charge in [0.1, 0.15) is 5.82 Å². The molecule has 0 N–H and O–H groups in total. The van der Waals surface area contributed by atoms with E-state index in [1.54, 1.807) is 22.9 Å². The zero-order valence-corrected chi connectivity index (χ0v) is 16.1. The summed E-state index contributed by atoms with van der Waals surface area (Å²) in [6.07, 6.45) is 4.71. The molecule has 3 aromatic rings. The van der Waals surface area contributed by atoms with Crippen LogP contribution in [0.5, 0.6) is 0 Å². The molecule has 0 spiro atoms. The Balaban J connectivity index is 1.65. The molecule has 1 saturated heterocycles. The van der Waals surface area contributed by atoms with Crippen LogP contribution in [0.4, 0.5) is 4.39 Å². The predicted molar refractivity (Wildman–Crippen MR) is 102 cm³/mol. The number of halogens is 1. The minimum atomic E-state index is -0.347. The van der Waals surface area contributed by atoms with Gasteiger partial charge in [0.2, 0.25) is 5.91 Å². The first-order valence-corrected chi connectivity index (χ1v) is 9.53. The van der Waals surface area contributed by atoms with Crippen molar-refractivity contribution in [1.29, 1.82) is 0 Å². The van der Waals surface area contributed by atoms with Crippen molar-refractivity contribution in [2.75, 3.05) is 6.54 Å². The number of rotatable bonds is 4. The average molecular weight is 382 g/mol. The summed E-state index contributed by atoms with van der Waals surface area (Å²) in [7, 11) is 1.85. The number of hydrogen-bond donors (Lipinski definition) is 0. The molecule has 146 valence electrons. The quantitative estimate of drug-likeness (QED) is 0.688. The zero-order chi connectivity index (χ0) is 19.7. The van der Waals surface area contributed by atoms with E-state index in [-0.39, 0.29) is 24.2 Å². The Bertz CT molecular complexity index is 994. The topological polar surface area (TPSA) is 64.2 Å². The maximum atomic E-state index is 14.0. The molecular formula is C21H23FN4O2. The molecule has 2 aromatic heterocycles. The molecule has 1 atom stereocenters. The Hall–Kier alpha value is -2.96. The highest BCUT2D eigenvalue weighted by atomic mass is 19.1. The van der Waals surface area contributed by atoms with Gasteiger partial charge in [-0.25, -0.2) is 4.39 Å². The third-order valence-corrected chi connectivity index (χ3v) is 5.19. The minimum absolute atomic E-state index is 0.0484. The summed E-state index contributed by atoms with van der Waals surface area (Å²) >= 11 is 0. The van der Waals surface area contributed by atoms with E-state index in [2.05, 4.69) is 10.3 Å². The first-order valence-electron chi connectivity index (χ1n) is 9.53. The Morgan fingerprint density at radius 1 is 1.32 bits per heavy atom. The Morgan fingerprint density at radius 2 is 2.14 bits per heavy atom. The van der Waals surface area contributed by atoms with Crippen LogP contribution in [-0.4, -0.2) is 32.3 Å². The smallest absolute Gasteiger partial charge is 0.227 e. The summed E-state index contributed by atoms with van der Waals surface area (Å²) in [4.78, 5) is 14.9. The van der Waals surface area contributed by atoms with Gasteiger partial charge in [0, 0.05) is 25.9 Å². The van der Waals surface area contributed by atoms with E-state index in [0.29, 0.717) is 17.9 Å². The molecule has 0 aliphatic carbocycles. The van der Waals surface area contributed by atoms with Crippen LogP contribution in [0.2, 0.25) is 0 Å². The summed E-state index contributed by atoms with van der Waals surface area (Å²) in [5.41, 5.74) is 2.86. The second kappa shape index (κ2) is 7.58. The average Bonchev–Trinajstić information content (AvgIpc) is 3.29. The van der Waals surface area contributed by atoms with Crippen molar-refractivity contribution in [3.63, 3.8) is 0 Å². The molecule has 1 aromatic carbocycles. The lowest BCUT2D eigenvalue weighted by molar-refractivity contribution is -0.134. The van der Waals surface area contributed by atoms with Crippen molar-refractivity contribution in [1.82, 2.24) is 19.8 Å². The molecule has 1 amide bonds. The lowest BCUT2D eigenvalue weighted by Crippen LogP contribution is -2.40. The van der Waals surface area contributed by atoms with E-state index in [4.69, 9.17) is 4.52 Å².